The minimum atomic E-state index is -2.46. The first kappa shape index (κ1) is 12.2. The molecule has 5 nitrogen and oxygen atoms in total. The Labute approximate surface area is 73.3 Å². The van der Waals surface area contributed by atoms with E-state index in [1.165, 1.54) is 6.92 Å². The van der Waals surface area contributed by atoms with Crippen molar-refractivity contribution in [3.63, 3.8) is 0 Å². The molecule has 0 saturated carbocycles. The standard InChI is InChI=1S/C6H15O5P/c1-4-9-6(3,10-5-2)11-12(7)8/h7-8H,4-5H2,1-3H3. The Hall–Kier alpha value is 0.230. The molecule has 0 bridgehead atoms. The van der Waals surface area contributed by atoms with Crippen LogP contribution >= 0.6 is 8.60 Å². The summed E-state index contributed by atoms with van der Waals surface area (Å²) >= 11 is 0. The molecule has 0 unspecified atom stereocenters. The molecule has 0 heterocycles. The van der Waals surface area contributed by atoms with Gasteiger partial charge in [-0.2, -0.15) is 0 Å². The molecule has 0 aliphatic heterocycles. The summed E-state index contributed by atoms with van der Waals surface area (Å²) in [4.78, 5) is 17.2. The van der Waals surface area contributed by atoms with Crippen molar-refractivity contribution in [1.29, 1.82) is 0 Å². The number of hydrogen-bond donors (Lipinski definition) is 2. The molecule has 0 atom stereocenters. The largest absolute Gasteiger partial charge is 0.331 e. The van der Waals surface area contributed by atoms with Crippen LogP contribution in [0.15, 0.2) is 0 Å². The van der Waals surface area contributed by atoms with E-state index in [9.17, 15) is 0 Å². The van der Waals surface area contributed by atoms with Gasteiger partial charge in [-0.05, 0) is 13.8 Å². The zero-order valence-corrected chi connectivity index (χ0v) is 8.38. The summed E-state index contributed by atoms with van der Waals surface area (Å²) in [7, 11) is -2.46. The molecule has 0 aliphatic rings. The fourth-order valence-corrected chi connectivity index (χ4v) is 1.17. The maximum atomic E-state index is 8.58. The van der Waals surface area contributed by atoms with E-state index < -0.39 is 14.6 Å². The Balaban J connectivity index is 3.98. The van der Waals surface area contributed by atoms with Crippen molar-refractivity contribution in [3.05, 3.63) is 0 Å². The van der Waals surface area contributed by atoms with Crippen molar-refractivity contribution in [2.75, 3.05) is 13.2 Å². The Morgan fingerprint density at radius 2 is 1.58 bits per heavy atom. The zero-order valence-electron chi connectivity index (χ0n) is 7.48. The van der Waals surface area contributed by atoms with E-state index in [0.717, 1.165) is 0 Å². The maximum Gasteiger partial charge on any atom is 0.331 e. The molecule has 74 valence electrons. The van der Waals surface area contributed by atoms with Crippen LogP contribution in [-0.4, -0.2) is 29.0 Å². The van der Waals surface area contributed by atoms with Gasteiger partial charge in [-0.1, -0.05) is 0 Å². The normalized spacial score (nSPS) is 12.5. The Kier molecular flexibility index (Phi) is 5.92. The van der Waals surface area contributed by atoms with Crippen LogP contribution in [0.5, 0.6) is 0 Å². The van der Waals surface area contributed by atoms with Gasteiger partial charge >= 0.3 is 8.60 Å². The molecular weight excluding hydrogens is 183 g/mol. The lowest BCUT2D eigenvalue weighted by Crippen LogP contribution is -2.34. The van der Waals surface area contributed by atoms with Gasteiger partial charge in [0.1, 0.15) is 0 Å². The Morgan fingerprint density at radius 1 is 1.17 bits per heavy atom. The van der Waals surface area contributed by atoms with Gasteiger partial charge in [-0.15, -0.1) is 0 Å². The highest BCUT2D eigenvalue weighted by Crippen LogP contribution is 2.33. The third kappa shape index (κ3) is 4.98. The molecule has 0 aromatic carbocycles. The van der Waals surface area contributed by atoms with E-state index in [4.69, 9.17) is 19.3 Å². The van der Waals surface area contributed by atoms with E-state index in [1.807, 2.05) is 0 Å². The number of hydrogen-bond acceptors (Lipinski definition) is 5. The second-order valence-corrected chi connectivity index (χ2v) is 2.76. The van der Waals surface area contributed by atoms with Crippen LogP contribution in [0.25, 0.3) is 0 Å². The van der Waals surface area contributed by atoms with Gasteiger partial charge in [-0.3, -0.25) is 4.52 Å². The molecule has 0 fully saturated rings. The van der Waals surface area contributed by atoms with Crippen molar-refractivity contribution < 1.29 is 23.8 Å². The van der Waals surface area contributed by atoms with Gasteiger partial charge in [0.05, 0.1) is 0 Å². The molecule has 0 aromatic rings. The van der Waals surface area contributed by atoms with Crippen LogP contribution in [0, 0.1) is 0 Å². The predicted octanol–water partition coefficient (Wildman–Crippen LogP) is 0.961. The van der Waals surface area contributed by atoms with Gasteiger partial charge in [0.2, 0.25) is 0 Å². The zero-order chi connectivity index (χ0) is 9.61. The number of rotatable bonds is 6. The van der Waals surface area contributed by atoms with E-state index >= 15 is 0 Å². The van der Waals surface area contributed by atoms with Crippen molar-refractivity contribution in [3.8, 4) is 0 Å². The molecule has 0 saturated heterocycles. The molecule has 0 rings (SSSR count). The second-order valence-electron chi connectivity index (χ2n) is 2.07. The molecule has 6 heteroatoms. The lowest BCUT2D eigenvalue weighted by molar-refractivity contribution is -0.331. The average molecular weight is 198 g/mol. The van der Waals surface area contributed by atoms with Gasteiger partial charge in [-0.25, -0.2) is 0 Å². The van der Waals surface area contributed by atoms with E-state index in [2.05, 4.69) is 4.52 Å². The predicted molar refractivity (Wildman–Crippen MR) is 44.1 cm³/mol. The molecule has 2 N–H and O–H groups in total. The van der Waals surface area contributed by atoms with Gasteiger partial charge in [0.25, 0.3) is 5.97 Å². The molecule has 0 radical (unpaired) electrons. The molecule has 12 heavy (non-hydrogen) atoms. The third-order valence-corrected chi connectivity index (χ3v) is 1.56. The first-order valence-corrected chi connectivity index (χ1v) is 4.85. The maximum absolute atomic E-state index is 8.58. The van der Waals surface area contributed by atoms with Crippen LogP contribution < -0.4 is 0 Å². The lowest BCUT2D eigenvalue weighted by Gasteiger charge is -2.28. The summed E-state index contributed by atoms with van der Waals surface area (Å²) in [5.41, 5.74) is 0. The first-order valence-electron chi connectivity index (χ1n) is 3.69. The van der Waals surface area contributed by atoms with E-state index in [1.54, 1.807) is 13.8 Å². The summed E-state index contributed by atoms with van der Waals surface area (Å²) in [5, 5.41) is 0. The van der Waals surface area contributed by atoms with Crippen molar-refractivity contribution in [2.24, 2.45) is 0 Å². The fourth-order valence-electron chi connectivity index (χ4n) is 0.767. The SMILES string of the molecule is CCOC(C)(OCC)OP(O)O. The first-order chi connectivity index (χ1) is 5.54. The molecular formula is C6H15O5P. The van der Waals surface area contributed by atoms with Crippen LogP contribution in [-0.2, 0) is 14.0 Å². The summed E-state index contributed by atoms with van der Waals surface area (Å²) < 4.78 is 14.7. The molecule has 0 aromatic heterocycles. The van der Waals surface area contributed by atoms with Crippen LogP contribution in [0.1, 0.15) is 20.8 Å². The average Bonchev–Trinajstić information content (AvgIpc) is 1.85. The minimum Gasteiger partial charge on any atom is -0.328 e. The van der Waals surface area contributed by atoms with Crippen molar-refractivity contribution in [1.82, 2.24) is 0 Å². The summed E-state index contributed by atoms with van der Waals surface area (Å²) in [6.07, 6.45) is 0. The smallest absolute Gasteiger partial charge is 0.328 e. The Bertz CT molecular complexity index is 113. The number of ether oxygens (including phenoxy) is 2. The quantitative estimate of drug-likeness (QED) is 0.491. The molecule has 0 amide bonds. The van der Waals surface area contributed by atoms with Gasteiger partial charge < -0.3 is 19.3 Å². The highest BCUT2D eigenvalue weighted by atomic mass is 31.2. The van der Waals surface area contributed by atoms with Gasteiger partial charge in [0, 0.05) is 20.1 Å². The minimum absolute atomic E-state index is 0.375. The highest BCUT2D eigenvalue weighted by molar-refractivity contribution is 7.39. The van der Waals surface area contributed by atoms with Crippen molar-refractivity contribution in [2.45, 2.75) is 26.7 Å². The van der Waals surface area contributed by atoms with Crippen LogP contribution in [0.2, 0.25) is 0 Å². The summed E-state index contributed by atoms with van der Waals surface area (Å²) in [5.74, 6) is -1.35. The monoisotopic (exact) mass is 198 g/mol. The second kappa shape index (κ2) is 5.80. The lowest BCUT2D eigenvalue weighted by atomic mass is 10.6. The Morgan fingerprint density at radius 3 is 1.83 bits per heavy atom. The van der Waals surface area contributed by atoms with E-state index in [0.29, 0.717) is 13.2 Å². The highest BCUT2D eigenvalue weighted by Gasteiger charge is 2.29. The summed E-state index contributed by atoms with van der Waals surface area (Å²) in [6.45, 7) is 5.76. The van der Waals surface area contributed by atoms with Crippen LogP contribution in [0.4, 0.5) is 0 Å². The third-order valence-electron chi connectivity index (χ3n) is 1.06. The van der Waals surface area contributed by atoms with Gasteiger partial charge in [0.15, 0.2) is 0 Å². The molecule has 0 spiro atoms. The summed E-state index contributed by atoms with van der Waals surface area (Å²) in [6, 6.07) is 0. The van der Waals surface area contributed by atoms with Crippen molar-refractivity contribution >= 4 is 8.60 Å². The molecule has 0 aliphatic carbocycles. The topological polar surface area (TPSA) is 68.2 Å². The fraction of sp³-hybridized carbons (Fsp3) is 1.00. The van der Waals surface area contributed by atoms with Crippen LogP contribution in [0.3, 0.4) is 0 Å². The van der Waals surface area contributed by atoms with E-state index in [-0.39, 0.29) is 0 Å².